The molecule has 3 rings (SSSR count). The Hall–Kier alpha value is -3.17. The molecule has 0 atom stereocenters. The minimum atomic E-state index is -1.55. The lowest BCUT2D eigenvalue weighted by Gasteiger charge is -2.08. The number of carbonyl (C=O) groups is 2. The third-order valence-corrected chi connectivity index (χ3v) is 4.99. The number of carboxylic acid groups (broad SMARTS) is 1. The van der Waals surface area contributed by atoms with Crippen molar-refractivity contribution >= 4 is 40.5 Å². The van der Waals surface area contributed by atoms with E-state index < -0.39 is 28.9 Å². The molecule has 3 aromatic rings. The molecule has 138 valence electrons. The average Bonchev–Trinajstić information content (AvgIpc) is 3.07. The van der Waals surface area contributed by atoms with Crippen LogP contribution in [0.25, 0.3) is 10.7 Å². The van der Waals surface area contributed by atoms with Crippen molar-refractivity contribution in [2.45, 2.75) is 6.92 Å². The van der Waals surface area contributed by atoms with Crippen molar-refractivity contribution in [3.8, 4) is 16.5 Å². The molecule has 0 unspecified atom stereocenters. The summed E-state index contributed by atoms with van der Waals surface area (Å²) < 4.78 is 0. The van der Waals surface area contributed by atoms with Crippen molar-refractivity contribution in [2.24, 2.45) is 0 Å². The minimum absolute atomic E-state index is 0.0811. The van der Waals surface area contributed by atoms with E-state index in [1.807, 2.05) is 6.92 Å². The van der Waals surface area contributed by atoms with Crippen molar-refractivity contribution in [1.82, 2.24) is 9.97 Å². The average molecular weight is 406 g/mol. The number of aromatic hydroxyl groups is 1. The molecule has 0 saturated heterocycles. The fourth-order valence-electron chi connectivity index (χ4n) is 2.24. The summed E-state index contributed by atoms with van der Waals surface area (Å²) in [5, 5.41) is 23.4. The minimum Gasteiger partial charge on any atom is -0.501 e. The maximum atomic E-state index is 12.5. The normalized spacial score (nSPS) is 10.6. The van der Waals surface area contributed by atoms with Crippen LogP contribution in [-0.2, 0) is 0 Å². The highest BCUT2D eigenvalue weighted by molar-refractivity contribution is 7.14. The van der Waals surface area contributed by atoms with Gasteiger partial charge in [0.25, 0.3) is 11.5 Å². The summed E-state index contributed by atoms with van der Waals surface area (Å²) in [4.78, 5) is 41.8. The lowest BCUT2D eigenvalue weighted by atomic mass is 10.1. The Morgan fingerprint density at radius 1 is 1.30 bits per heavy atom. The second-order valence-electron chi connectivity index (χ2n) is 5.50. The molecule has 4 N–H and O–H groups in total. The zero-order chi connectivity index (χ0) is 19.7. The van der Waals surface area contributed by atoms with Crippen molar-refractivity contribution in [1.29, 1.82) is 0 Å². The molecular weight excluding hydrogens is 394 g/mol. The first kappa shape index (κ1) is 18.6. The number of aromatic amines is 1. The molecule has 10 heteroatoms. The summed E-state index contributed by atoms with van der Waals surface area (Å²) in [6.07, 6.45) is 0. The number of H-pyrrole nitrogens is 1. The molecule has 0 bridgehead atoms. The molecule has 2 aromatic heterocycles. The summed E-state index contributed by atoms with van der Waals surface area (Å²) in [6, 6.07) is 6.44. The Balaban J connectivity index is 1.97. The van der Waals surface area contributed by atoms with E-state index in [4.69, 9.17) is 16.7 Å². The second-order valence-corrected chi connectivity index (χ2v) is 6.82. The van der Waals surface area contributed by atoms with E-state index in [0.717, 1.165) is 16.9 Å². The molecule has 0 spiro atoms. The van der Waals surface area contributed by atoms with Crippen LogP contribution in [0.5, 0.6) is 5.75 Å². The Labute approximate surface area is 161 Å². The van der Waals surface area contributed by atoms with Crippen LogP contribution in [0, 0.1) is 6.92 Å². The summed E-state index contributed by atoms with van der Waals surface area (Å²) >= 11 is 7.17. The summed E-state index contributed by atoms with van der Waals surface area (Å²) in [6.45, 7) is 1.81. The van der Waals surface area contributed by atoms with Gasteiger partial charge in [0, 0.05) is 10.6 Å². The van der Waals surface area contributed by atoms with Gasteiger partial charge in [0.15, 0.2) is 11.5 Å². The van der Waals surface area contributed by atoms with Crippen molar-refractivity contribution in [3.05, 3.63) is 61.8 Å². The van der Waals surface area contributed by atoms with E-state index in [1.165, 1.54) is 6.07 Å². The van der Waals surface area contributed by atoms with Crippen LogP contribution in [0.2, 0.25) is 5.02 Å². The van der Waals surface area contributed by atoms with Gasteiger partial charge in [0.2, 0.25) is 5.75 Å². The van der Waals surface area contributed by atoms with Gasteiger partial charge in [-0.1, -0.05) is 17.7 Å². The number of hydrogen-bond donors (Lipinski definition) is 4. The van der Waals surface area contributed by atoms with E-state index in [2.05, 4.69) is 15.3 Å². The molecule has 0 saturated carbocycles. The summed E-state index contributed by atoms with van der Waals surface area (Å²) in [5.74, 6) is -3.04. The number of aromatic carboxylic acids is 1. The molecule has 8 nitrogen and oxygen atoms in total. The predicted octanol–water partition coefficient (Wildman–Crippen LogP) is 3.12. The van der Waals surface area contributed by atoms with Gasteiger partial charge in [0.05, 0.1) is 10.6 Å². The van der Waals surface area contributed by atoms with Crippen molar-refractivity contribution < 1.29 is 19.8 Å². The lowest BCUT2D eigenvalue weighted by Crippen LogP contribution is -2.16. The Kier molecular flexibility index (Phi) is 4.98. The molecule has 2 heterocycles. The second kappa shape index (κ2) is 7.22. The van der Waals surface area contributed by atoms with Gasteiger partial charge in [-0.15, -0.1) is 11.3 Å². The number of rotatable bonds is 4. The van der Waals surface area contributed by atoms with Crippen molar-refractivity contribution in [3.63, 3.8) is 0 Å². The summed E-state index contributed by atoms with van der Waals surface area (Å²) in [5.41, 5.74) is -0.275. The molecule has 27 heavy (non-hydrogen) atoms. The highest BCUT2D eigenvalue weighted by Gasteiger charge is 2.20. The third-order valence-electron chi connectivity index (χ3n) is 3.66. The Morgan fingerprint density at radius 3 is 2.70 bits per heavy atom. The van der Waals surface area contributed by atoms with Crippen LogP contribution >= 0.6 is 22.9 Å². The lowest BCUT2D eigenvalue weighted by molar-refractivity contribution is 0.0686. The number of aryl methyl sites for hydroxylation is 1. The maximum absolute atomic E-state index is 12.5. The zero-order valence-electron chi connectivity index (χ0n) is 13.7. The standard InChI is InChI=1S/C17H12ClN3O5S/c1-7-2-3-8(6-9(7)18)15(23)19-10-4-5-27-13(10)14-20-11(17(25)26)12(22)16(24)21-14/h2-6,22H,1H3,(H,19,23)(H,25,26)(H,20,21,24). The Bertz CT molecular complexity index is 1120. The number of anilines is 1. The number of carboxylic acids is 1. The number of aromatic nitrogens is 2. The predicted molar refractivity (Wildman–Crippen MR) is 101 cm³/mol. The molecule has 0 aliphatic carbocycles. The first-order valence-corrected chi connectivity index (χ1v) is 8.75. The fourth-order valence-corrected chi connectivity index (χ4v) is 3.22. The van der Waals surface area contributed by atoms with Crippen molar-refractivity contribution in [2.75, 3.05) is 5.32 Å². The molecule has 1 aromatic carbocycles. The van der Waals surface area contributed by atoms with E-state index in [9.17, 15) is 19.5 Å². The van der Waals surface area contributed by atoms with E-state index in [1.54, 1.807) is 23.6 Å². The third kappa shape index (κ3) is 3.69. The highest BCUT2D eigenvalue weighted by Crippen LogP contribution is 2.32. The Morgan fingerprint density at radius 2 is 2.04 bits per heavy atom. The van der Waals surface area contributed by atoms with Gasteiger partial charge in [-0.2, -0.15) is 0 Å². The SMILES string of the molecule is Cc1ccc(C(=O)Nc2ccsc2-c2nc(C(=O)O)c(O)c(=O)[nH]2)cc1Cl. The monoisotopic (exact) mass is 405 g/mol. The topological polar surface area (TPSA) is 132 Å². The van der Waals surface area contributed by atoms with E-state index >= 15 is 0 Å². The van der Waals surface area contributed by atoms with E-state index in [-0.39, 0.29) is 5.82 Å². The van der Waals surface area contributed by atoms with Crippen LogP contribution in [-0.4, -0.2) is 32.1 Å². The largest absolute Gasteiger partial charge is 0.501 e. The number of benzene rings is 1. The van der Waals surface area contributed by atoms with Gasteiger partial charge < -0.3 is 20.5 Å². The van der Waals surface area contributed by atoms with Gasteiger partial charge in [-0.05, 0) is 36.1 Å². The number of thiophene rings is 1. The molecular formula is C17H12ClN3O5S. The first-order chi connectivity index (χ1) is 12.8. The van der Waals surface area contributed by atoms with Gasteiger partial charge in [-0.3, -0.25) is 9.59 Å². The highest BCUT2D eigenvalue weighted by atomic mass is 35.5. The molecule has 1 amide bonds. The molecule has 0 radical (unpaired) electrons. The van der Waals surface area contributed by atoms with Gasteiger partial charge in [-0.25, -0.2) is 9.78 Å². The smallest absolute Gasteiger partial charge is 0.358 e. The number of nitrogens with one attached hydrogen (secondary N) is 2. The first-order valence-electron chi connectivity index (χ1n) is 7.50. The van der Waals surface area contributed by atoms with Gasteiger partial charge in [0.1, 0.15) is 0 Å². The van der Waals surface area contributed by atoms with Crippen LogP contribution in [0.3, 0.4) is 0 Å². The fraction of sp³-hybridized carbons (Fsp3) is 0.0588. The van der Waals surface area contributed by atoms with Crippen LogP contribution in [0.1, 0.15) is 26.4 Å². The number of carbonyl (C=O) groups excluding carboxylic acids is 1. The molecule has 0 aliphatic rings. The van der Waals surface area contributed by atoms with Crippen LogP contribution in [0.15, 0.2) is 34.4 Å². The number of amides is 1. The zero-order valence-corrected chi connectivity index (χ0v) is 15.3. The maximum Gasteiger partial charge on any atom is 0.358 e. The van der Waals surface area contributed by atoms with Crippen LogP contribution in [0.4, 0.5) is 5.69 Å². The molecule has 0 fully saturated rings. The van der Waals surface area contributed by atoms with Gasteiger partial charge >= 0.3 is 5.97 Å². The quantitative estimate of drug-likeness (QED) is 0.527. The molecule has 0 aliphatic heterocycles. The number of hydrogen-bond acceptors (Lipinski definition) is 6. The number of nitrogens with zero attached hydrogens (tertiary/aromatic N) is 1. The van der Waals surface area contributed by atoms with E-state index in [0.29, 0.717) is 21.2 Å². The van der Waals surface area contributed by atoms with Crippen LogP contribution < -0.4 is 10.9 Å². The summed E-state index contributed by atoms with van der Waals surface area (Å²) in [7, 11) is 0. The number of halogens is 1.